The van der Waals surface area contributed by atoms with Gasteiger partial charge < -0.3 is 9.64 Å². The van der Waals surface area contributed by atoms with Gasteiger partial charge in [-0.1, -0.05) is 0 Å². The Bertz CT molecular complexity index is 866. The van der Waals surface area contributed by atoms with Crippen LogP contribution < -0.4 is 4.90 Å². The number of ether oxygens (including phenoxy) is 1. The molecule has 0 bridgehead atoms. The summed E-state index contributed by atoms with van der Waals surface area (Å²) >= 11 is 0. The van der Waals surface area contributed by atoms with E-state index in [0.29, 0.717) is 38.4 Å². The first-order valence-corrected chi connectivity index (χ1v) is 10.8. The van der Waals surface area contributed by atoms with Gasteiger partial charge in [0.05, 0.1) is 35.7 Å². The number of sulfone groups is 1. The molecule has 2 saturated heterocycles. The van der Waals surface area contributed by atoms with Crippen LogP contribution in [-0.4, -0.2) is 87.2 Å². The first-order chi connectivity index (χ1) is 13.2. The second kappa shape index (κ2) is 8.02. The van der Waals surface area contributed by atoms with Gasteiger partial charge in [-0.25, -0.2) is 13.4 Å². The highest BCUT2D eigenvalue weighted by Crippen LogP contribution is 2.31. The van der Waals surface area contributed by atoms with Gasteiger partial charge in [0, 0.05) is 38.8 Å². The van der Waals surface area contributed by atoms with Gasteiger partial charge in [0.1, 0.15) is 5.69 Å². The third kappa shape index (κ3) is 4.26. The summed E-state index contributed by atoms with van der Waals surface area (Å²) in [6.07, 6.45) is 0.347. The summed E-state index contributed by atoms with van der Waals surface area (Å²) in [5, 5.41) is 14.5. The van der Waals surface area contributed by atoms with Crippen molar-refractivity contribution in [3.05, 3.63) is 33.9 Å². The third-order valence-electron chi connectivity index (χ3n) is 4.96. The second-order valence-electron chi connectivity index (χ2n) is 7.11. The number of morpholine rings is 1. The van der Waals surface area contributed by atoms with Crippen LogP contribution in [0.15, 0.2) is 18.2 Å². The minimum absolute atomic E-state index is 0.0331. The molecule has 1 amide bonds. The van der Waals surface area contributed by atoms with Crippen molar-refractivity contribution in [3.8, 4) is 0 Å². The number of nitro groups is 1. The molecule has 0 N–H and O–H groups in total. The molecule has 2 aliphatic rings. The van der Waals surface area contributed by atoms with Crippen molar-refractivity contribution in [1.29, 1.82) is 0 Å². The predicted molar refractivity (Wildman–Crippen MR) is 103 cm³/mol. The van der Waals surface area contributed by atoms with E-state index < -0.39 is 26.7 Å². The van der Waals surface area contributed by atoms with Crippen molar-refractivity contribution in [2.24, 2.45) is 0 Å². The number of nitro benzene ring substituents is 1. The van der Waals surface area contributed by atoms with Gasteiger partial charge in [0.2, 0.25) is 0 Å². The molecule has 154 valence electrons. The molecule has 11 heteroatoms. The van der Waals surface area contributed by atoms with Gasteiger partial charge in [-0.15, -0.1) is 0 Å². The molecule has 1 aromatic carbocycles. The summed E-state index contributed by atoms with van der Waals surface area (Å²) in [7, 11) is 0.124. The molecular formula is C17H24N4O6S. The first kappa shape index (κ1) is 20.5. The molecule has 0 aromatic heterocycles. The Morgan fingerprint density at radius 3 is 2.50 bits per heavy atom. The highest BCUT2D eigenvalue weighted by molar-refractivity contribution is 7.91. The molecule has 1 aromatic rings. The van der Waals surface area contributed by atoms with E-state index in [2.05, 4.69) is 0 Å². The van der Waals surface area contributed by atoms with E-state index in [1.165, 1.54) is 16.1 Å². The highest BCUT2D eigenvalue weighted by atomic mass is 32.2. The largest absolute Gasteiger partial charge is 0.378 e. The second-order valence-corrected chi connectivity index (χ2v) is 9.34. The molecule has 1 atom stereocenters. The number of rotatable bonds is 5. The van der Waals surface area contributed by atoms with Crippen molar-refractivity contribution < 1.29 is 22.9 Å². The molecule has 2 heterocycles. The summed E-state index contributed by atoms with van der Waals surface area (Å²) < 4.78 is 28.9. The normalized spacial score (nSPS) is 21.7. The Morgan fingerprint density at radius 1 is 1.29 bits per heavy atom. The lowest BCUT2D eigenvalue weighted by Gasteiger charge is -2.34. The number of benzene rings is 1. The summed E-state index contributed by atoms with van der Waals surface area (Å²) in [4.78, 5) is 26.1. The fourth-order valence-corrected chi connectivity index (χ4v) is 5.34. The third-order valence-corrected chi connectivity index (χ3v) is 6.71. The van der Waals surface area contributed by atoms with E-state index in [9.17, 15) is 23.3 Å². The molecule has 10 nitrogen and oxygen atoms in total. The molecule has 0 aliphatic carbocycles. The number of hydrazine groups is 1. The van der Waals surface area contributed by atoms with E-state index in [1.54, 1.807) is 26.2 Å². The molecular weight excluding hydrogens is 388 g/mol. The molecule has 28 heavy (non-hydrogen) atoms. The van der Waals surface area contributed by atoms with E-state index in [-0.39, 0.29) is 22.8 Å². The van der Waals surface area contributed by atoms with Crippen LogP contribution in [0.5, 0.6) is 0 Å². The Balaban J connectivity index is 1.91. The van der Waals surface area contributed by atoms with Crippen LogP contribution in [0.1, 0.15) is 16.8 Å². The number of amides is 1. The highest BCUT2D eigenvalue weighted by Gasteiger charge is 2.37. The number of carbonyl (C=O) groups excluding carboxylic acids is 1. The average Bonchev–Trinajstić information content (AvgIpc) is 3.01. The lowest BCUT2D eigenvalue weighted by Crippen LogP contribution is -2.49. The summed E-state index contributed by atoms with van der Waals surface area (Å²) in [5.74, 6) is -0.528. The summed E-state index contributed by atoms with van der Waals surface area (Å²) in [6.45, 7) is 2.06. The molecule has 1 unspecified atom stereocenters. The minimum Gasteiger partial charge on any atom is -0.378 e. The molecule has 0 saturated carbocycles. The maximum atomic E-state index is 13.1. The lowest BCUT2D eigenvalue weighted by molar-refractivity contribution is -0.384. The van der Waals surface area contributed by atoms with E-state index in [0.717, 1.165) is 0 Å². The Hall–Kier alpha value is -2.24. The molecule has 3 rings (SSSR count). The number of hydrogen-bond acceptors (Lipinski definition) is 8. The van der Waals surface area contributed by atoms with Crippen LogP contribution in [0.4, 0.5) is 11.4 Å². The van der Waals surface area contributed by atoms with Crippen LogP contribution >= 0.6 is 0 Å². The van der Waals surface area contributed by atoms with Gasteiger partial charge in [0.15, 0.2) is 9.84 Å². The Kier molecular flexibility index (Phi) is 5.87. The van der Waals surface area contributed by atoms with Crippen molar-refractivity contribution in [2.75, 3.05) is 56.8 Å². The van der Waals surface area contributed by atoms with Crippen molar-refractivity contribution >= 4 is 27.1 Å². The van der Waals surface area contributed by atoms with Crippen LogP contribution in [0.3, 0.4) is 0 Å². The fraction of sp³-hybridized carbons (Fsp3) is 0.588. The number of carbonyl (C=O) groups is 1. The molecule has 0 radical (unpaired) electrons. The fourth-order valence-electron chi connectivity index (χ4n) is 3.65. The standard InChI is InChI=1S/C17H24N4O6S/c1-18(2)20(14-5-10-28(25,26)12-14)17(22)13-3-4-15(16(11-13)21(23)24)19-6-8-27-9-7-19/h3-4,11,14H,5-10,12H2,1-2H3. The van der Waals surface area contributed by atoms with Gasteiger partial charge in [0.25, 0.3) is 11.6 Å². The average molecular weight is 412 g/mol. The number of nitrogens with zero attached hydrogens (tertiary/aromatic N) is 4. The van der Waals surface area contributed by atoms with Crippen LogP contribution in [0.25, 0.3) is 0 Å². The minimum atomic E-state index is -3.18. The Morgan fingerprint density at radius 2 is 1.96 bits per heavy atom. The zero-order valence-corrected chi connectivity index (χ0v) is 16.7. The van der Waals surface area contributed by atoms with Crippen LogP contribution in [0.2, 0.25) is 0 Å². The maximum Gasteiger partial charge on any atom is 0.293 e. The number of anilines is 1. The van der Waals surface area contributed by atoms with Crippen LogP contribution in [0, 0.1) is 10.1 Å². The smallest absolute Gasteiger partial charge is 0.293 e. The summed E-state index contributed by atoms with van der Waals surface area (Å²) in [5.41, 5.74) is 0.455. The monoisotopic (exact) mass is 412 g/mol. The SMILES string of the molecule is CN(C)N(C(=O)c1ccc(N2CCOCC2)c([N+](=O)[O-])c1)C1CCS(=O)(=O)C1. The van der Waals surface area contributed by atoms with Gasteiger partial charge >= 0.3 is 0 Å². The van der Waals surface area contributed by atoms with Crippen molar-refractivity contribution in [3.63, 3.8) is 0 Å². The van der Waals surface area contributed by atoms with E-state index >= 15 is 0 Å². The lowest BCUT2D eigenvalue weighted by atomic mass is 10.1. The topological polar surface area (TPSA) is 113 Å². The zero-order chi connectivity index (χ0) is 20.5. The Labute approximate surface area is 163 Å². The van der Waals surface area contributed by atoms with E-state index in [1.807, 2.05) is 4.90 Å². The van der Waals surface area contributed by atoms with Gasteiger partial charge in [-0.3, -0.25) is 19.9 Å². The molecule has 2 aliphatic heterocycles. The van der Waals surface area contributed by atoms with Gasteiger partial charge in [-0.05, 0) is 18.6 Å². The number of hydrogen-bond donors (Lipinski definition) is 0. The predicted octanol–water partition coefficient (Wildman–Crippen LogP) is 0.537. The van der Waals surface area contributed by atoms with Crippen molar-refractivity contribution in [1.82, 2.24) is 10.0 Å². The zero-order valence-electron chi connectivity index (χ0n) is 15.9. The van der Waals surface area contributed by atoms with Crippen molar-refractivity contribution in [2.45, 2.75) is 12.5 Å². The van der Waals surface area contributed by atoms with Gasteiger partial charge in [-0.2, -0.15) is 0 Å². The quantitative estimate of drug-likeness (QED) is 0.509. The van der Waals surface area contributed by atoms with Crippen LogP contribution in [-0.2, 0) is 14.6 Å². The van der Waals surface area contributed by atoms with E-state index in [4.69, 9.17) is 4.74 Å². The molecule has 0 spiro atoms. The summed E-state index contributed by atoms with van der Waals surface area (Å²) in [6, 6.07) is 3.92. The molecule has 2 fully saturated rings. The maximum absolute atomic E-state index is 13.1. The first-order valence-electron chi connectivity index (χ1n) is 9.02.